The second kappa shape index (κ2) is 5.26. The van der Waals surface area contributed by atoms with Gasteiger partial charge in [0.25, 0.3) is 0 Å². The molecule has 0 aliphatic rings. The van der Waals surface area contributed by atoms with E-state index in [1.54, 1.807) is 0 Å². The Labute approximate surface area is 112 Å². The predicted octanol–water partition coefficient (Wildman–Crippen LogP) is 2.68. The fourth-order valence-corrected chi connectivity index (χ4v) is 2.41. The molecule has 4 nitrogen and oxygen atoms in total. The van der Waals surface area contributed by atoms with Crippen molar-refractivity contribution in [2.45, 2.75) is 33.6 Å². The standard InChI is InChI=1S/C15H18N2O2/c1-4-12-7-5-6-8-13(12)17-11(3)16-10(2)14(17)9-15(18)19/h5-8H,4,9H2,1-3H3,(H,18,19). The van der Waals surface area contributed by atoms with Gasteiger partial charge >= 0.3 is 5.97 Å². The van der Waals surface area contributed by atoms with Gasteiger partial charge in [-0.3, -0.25) is 9.36 Å². The van der Waals surface area contributed by atoms with Crippen LogP contribution in [0.15, 0.2) is 24.3 Å². The molecule has 0 radical (unpaired) electrons. The Bertz CT molecular complexity index is 615. The molecule has 0 aliphatic heterocycles. The van der Waals surface area contributed by atoms with Crippen molar-refractivity contribution in [2.75, 3.05) is 0 Å². The average molecular weight is 258 g/mol. The number of aromatic nitrogens is 2. The van der Waals surface area contributed by atoms with E-state index in [-0.39, 0.29) is 6.42 Å². The first kappa shape index (κ1) is 13.3. The summed E-state index contributed by atoms with van der Waals surface area (Å²) in [6.45, 7) is 5.86. The molecule has 2 aromatic rings. The number of carboxylic acids is 1. The zero-order valence-electron chi connectivity index (χ0n) is 11.5. The Morgan fingerprint density at radius 3 is 2.63 bits per heavy atom. The number of hydrogen-bond acceptors (Lipinski definition) is 2. The van der Waals surface area contributed by atoms with Gasteiger partial charge in [0, 0.05) is 0 Å². The highest BCUT2D eigenvalue weighted by atomic mass is 16.4. The normalized spacial score (nSPS) is 10.7. The molecule has 1 aromatic carbocycles. The fourth-order valence-electron chi connectivity index (χ4n) is 2.41. The molecular weight excluding hydrogens is 240 g/mol. The lowest BCUT2D eigenvalue weighted by Crippen LogP contribution is -2.10. The minimum Gasteiger partial charge on any atom is -0.481 e. The van der Waals surface area contributed by atoms with E-state index in [2.05, 4.69) is 18.0 Å². The van der Waals surface area contributed by atoms with Crippen molar-refractivity contribution in [1.29, 1.82) is 0 Å². The SMILES string of the molecule is CCc1ccccc1-n1c(C)nc(C)c1CC(=O)O. The summed E-state index contributed by atoms with van der Waals surface area (Å²) in [6, 6.07) is 8.04. The van der Waals surface area contributed by atoms with Crippen LogP contribution in [0.5, 0.6) is 0 Å². The van der Waals surface area contributed by atoms with Crippen LogP contribution in [0.2, 0.25) is 0 Å². The Morgan fingerprint density at radius 1 is 1.32 bits per heavy atom. The van der Waals surface area contributed by atoms with Crippen molar-refractivity contribution in [3.63, 3.8) is 0 Å². The van der Waals surface area contributed by atoms with E-state index in [1.165, 1.54) is 5.56 Å². The van der Waals surface area contributed by atoms with Crippen molar-refractivity contribution in [2.24, 2.45) is 0 Å². The third-order valence-corrected chi connectivity index (χ3v) is 3.27. The Kier molecular flexibility index (Phi) is 3.69. The molecular formula is C15H18N2O2. The number of rotatable bonds is 4. The van der Waals surface area contributed by atoms with Crippen LogP contribution in [-0.2, 0) is 17.6 Å². The van der Waals surface area contributed by atoms with Gasteiger partial charge in [-0.2, -0.15) is 0 Å². The second-order valence-corrected chi connectivity index (χ2v) is 4.58. The molecule has 0 atom stereocenters. The summed E-state index contributed by atoms with van der Waals surface area (Å²) in [5.74, 6) is -0.00659. The Hall–Kier alpha value is -2.10. The van der Waals surface area contributed by atoms with Gasteiger partial charge in [0.2, 0.25) is 0 Å². The second-order valence-electron chi connectivity index (χ2n) is 4.58. The molecule has 0 unspecified atom stereocenters. The van der Waals surface area contributed by atoms with E-state index in [0.717, 1.165) is 29.3 Å². The number of nitrogens with zero attached hydrogens (tertiary/aromatic N) is 2. The van der Waals surface area contributed by atoms with Crippen LogP contribution < -0.4 is 0 Å². The van der Waals surface area contributed by atoms with Gasteiger partial charge in [-0.25, -0.2) is 4.98 Å². The number of carbonyl (C=O) groups is 1. The van der Waals surface area contributed by atoms with Crippen molar-refractivity contribution in [1.82, 2.24) is 9.55 Å². The number of para-hydroxylation sites is 1. The number of carboxylic acid groups (broad SMARTS) is 1. The van der Waals surface area contributed by atoms with Crippen molar-refractivity contribution >= 4 is 5.97 Å². The lowest BCUT2D eigenvalue weighted by molar-refractivity contribution is -0.136. The summed E-state index contributed by atoms with van der Waals surface area (Å²) in [6.07, 6.45) is 0.893. The van der Waals surface area contributed by atoms with E-state index in [4.69, 9.17) is 5.11 Å². The predicted molar refractivity (Wildman–Crippen MR) is 73.8 cm³/mol. The summed E-state index contributed by atoms with van der Waals surface area (Å²) in [4.78, 5) is 15.4. The number of imidazole rings is 1. The molecule has 0 saturated heterocycles. The molecule has 4 heteroatoms. The van der Waals surface area contributed by atoms with Crippen LogP contribution in [-0.4, -0.2) is 20.6 Å². The molecule has 0 bridgehead atoms. The minimum atomic E-state index is -0.835. The molecule has 1 aromatic heterocycles. The van der Waals surface area contributed by atoms with Crippen LogP contribution in [0.25, 0.3) is 5.69 Å². The van der Waals surface area contributed by atoms with E-state index < -0.39 is 5.97 Å². The van der Waals surface area contributed by atoms with Gasteiger partial charge in [-0.1, -0.05) is 25.1 Å². The van der Waals surface area contributed by atoms with Gasteiger partial charge in [0.1, 0.15) is 5.82 Å². The third kappa shape index (κ3) is 2.52. The van der Waals surface area contributed by atoms with Gasteiger partial charge in [0.15, 0.2) is 0 Å². The first-order valence-electron chi connectivity index (χ1n) is 6.39. The maximum atomic E-state index is 11.0. The number of benzene rings is 1. The molecule has 1 heterocycles. The highest BCUT2D eigenvalue weighted by molar-refractivity contribution is 5.70. The zero-order chi connectivity index (χ0) is 14.0. The lowest BCUT2D eigenvalue weighted by atomic mass is 10.1. The molecule has 0 fully saturated rings. The van der Waals surface area contributed by atoms with Crippen LogP contribution in [0.1, 0.15) is 29.7 Å². The van der Waals surface area contributed by atoms with Gasteiger partial charge in [-0.15, -0.1) is 0 Å². The van der Waals surface area contributed by atoms with Gasteiger partial charge in [0.05, 0.1) is 23.5 Å². The molecule has 100 valence electrons. The topological polar surface area (TPSA) is 55.1 Å². The van der Waals surface area contributed by atoms with Crippen molar-refractivity contribution in [3.05, 3.63) is 47.0 Å². The maximum absolute atomic E-state index is 11.0. The van der Waals surface area contributed by atoms with Gasteiger partial charge in [-0.05, 0) is 31.9 Å². The van der Waals surface area contributed by atoms with E-state index in [9.17, 15) is 4.79 Å². The summed E-state index contributed by atoms with van der Waals surface area (Å²) in [5, 5.41) is 9.06. The average Bonchev–Trinajstić information content (AvgIpc) is 2.63. The molecule has 2 rings (SSSR count). The molecule has 0 amide bonds. The number of hydrogen-bond donors (Lipinski definition) is 1. The van der Waals surface area contributed by atoms with E-state index in [0.29, 0.717) is 0 Å². The Morgan fingerprint density at radius 2 is 2.00 bits per heavy atom. The lowest BCUT2D eigenvalue weighted by Gasteiger charge is -2.13. The van der Waals surface area contributed by atoms with Crippen LogP contribution >= 0.6 is 0 Å². The van der Waals surface area contributed by atoms with E-state index >= 15 is 0 Å². The first-order chi connectivity index (χ1) is 9.04. The highest BCUT2D eigenvalue weighted by Crippen LogP contribution is 2.22. The summed E-state index contributed by atoms with van der Waals surface area (Å²) in [7, 11) is 0. The monoisotopic (exact) mass is 258 g/mol. The summed E-state index contributed by atoms with van der Waals surface area (Å²) in [5.41, 5.74) is 3.76. The zero-order valence-corrected chi connectivity index (χ0v) is 11.5. The smallest absolute Gasteiger partial charge is 0.309 e. The molecule has 0 aliphatic carbocycles. The maximum Gasteiger partial charge on any atom is 0.309 e. The van der Waals surface area contributed by atoms with E-state index in [1.807, 2.05) is 36.6 Å². The molecule has 0 saturated carbocycles. The Balaban J connectivity index is 2.64. The fraction of sp³-hybridized carbons (Fsp3) is 0.333. The van der Waals surface area contributed by atoms with Crippen LogP contribution in [0, 0.1) is 13.8 Å². The summed E-state index contributed by atoms with van der Waals surface area (Å²) >= 11 is 0. The van der Waals surface area contributed by atoms with Gasteiger partial charge < -0.3 is 5.11 Å². The quantitative estimate of drug-likeness (QED) is 0.917. The molecule has 1 N–H and O–H groups in total. The summed E-state index contributed by atoms with van der Waals surface area (Å²) < 4.78 is 1.96. The largest absolute Gasteiger partial charge is 0.481 e. The first-order valence-corrected chi connectivity index (χ1v) is 6.39. The van der Waals surface area contributed by atoms with Crippen LogP contribution in [0.3, 0.4) is 0 Å². The van der Waals surface area contributed by atoms with Crippen molar-refractivity contribution in [3.8, 4) is 5.69 Å². The van der Waals surface area contributed by atoms with Crippen LogP contribution in [0.4, 0.5) is 0 Å². The van der Waals surface area contributed by atoms with Crippen molar-refractivity contribution < 1.29 is 9.90 Å². The minimum absolute atomic E-state index is 0.00920. The highest BCUT2D eigenvalue weighted by Gasteiger charge is 2.17. The third-order valence-electron chi connectivity index (χ3n) is 3.27. The number of aliphatic carboxylic acids is 1. The molecule has 19 heavy (non-hydrogen) atoms. The number of aryl methyl sites for hydroxylation is 3. The molecule has 0 spiro atoms.